The van der Waals surface area contributed by atoms with Crippen molar-refractivity contribution in [1.82, 2.24) is 14.8 Å². The van der Waals surface area contributed by atoms with Gasteiger partial charge in [0.05, 0.1) is 17.0 Å². The van der Waals surface area contributed by atoms with Crippen LogP contribution in [0, 0.1) is 6.92 Å². The van der Waals surface area contributed by atoms with Crippen LogP contribution in [0.5, 0.6) is 5.75 Å². The van der Waals surface area contributed by atoms with Gasteiger partial charge in [-0.1, -0.05) is 35.5 Å². The first-order valence-corrected chi connectivity index (χ1v) is 11.4. The number of rotatable bonds is 8. The number of halogens is 4. The third kappa shape index (κ3) is 6.20. The van der Waals surface area contributed by atoms with E-state index in [2.05, 4.69) is 15.5 Å². The molecule has 0 aliphatic carbocycles. The average molecular weight is 499 g/mol. The van der Waals surface area contributed by atoms with Gasteiger partial charge in [-0.25, -0.2) is 0 Å². The van der Waals surface area contributed by atoms with Crippen LogP contribution in [0.15, 0.2) is 47.6 Å². The molecule has 0 bridgehead atoms. The number of benzene rings is 2. The Morgan fingerprint density at radius 2 is 1.97 bits per heavy atom. The van der Waals surface area contributed by atoms with Crippen LogP contribution in [0.2, 0.25) is 5.02 Å². The highest BCUT2D eigenvalue weighted by Crippen LogP contribution is 2.34. The van der Waals surface area contributed by atoms with E-state index >= 15 is 0 Å². The highest BCUT2D eigenvalue weighted by atomic mass is 35.5. The van der Waals surface area contributed by atoms with Gasteiger partial charge in [0.15, 0.2) is 17.1 Å². The van der Waals surface area contributed by atoms with Crippen LogP contribution in [0.3, 0.4) is 0 Å². The van der Waals surface area contributed by atoms with E-state index in [1.807, 2.05) is 26.8 Å². The molecule has 1 atom stereocenters. The Morgan fingerprint density at radius 3 is 2.64 bits per heavy atom. The molecule has 0 aliphatic rings. The van der Waals surface area contributed by atoms with Gasteiger partial charge >= 0.3 is 6.18 Å². The highest BCUT2D eigenvalue weighted by Gasteiger charge is 2.33. The summed E-state index contributed by atoms with van der Waals surface area (Å²) in [6.45, 7) is 6.13. The van der Waals surface area contributed by atoms with Crippen molar-refractivity contribution < 1.29 is 22.7 Å². The predicted octanol–water partition coefficient (Wildman–Crippen LogP) is 6.15. The molecule has 0 radical (unpaired) electrons. The molecule has 11 heteroatoms. The molecule has 0 fully saturated rings. The molecule has 0 aliphatic heterocycles. The fourth-order valence-electron chi connectivity index (χ4n) is 3.11. The average Bonchev–Trinajstić information content (AvgIpc) is 3.17. The molecule has 0 saturated heterocycles. The lowest BCUT2D eigenvalue weighted by Crippen LogP contribution is -2.18. The number of hydrogen-bond acceptors (Lipinski definition) is 5. The highest BCUT2D eigenvalue weighted by molar-refractivity contribution is 7.99. The Hall–Kier alpha value is -2.72. The monoisotopic (exact) mass is 498 g/mol. The zero-order valence-corrected chi connectivity index (χ0v) is 19.7. The van der Waals surface area contributed by atoms with Crippen molar-refractivity contribution in [2.24, 2.45) is 0 Å². The Balaban J connectivity index is 1.67. The third-order valence-corrected chi connectivity index (χ3v) is 6.10. The van der Waals surface area contributed by atoms with Crippen LogP contribution < -0.4 is 10.1 Å². The van der Waals surface area contributed by atoms with Crippen molar-refractivity contribution in [2.45, 2.75) is 44.8 Å². The van der Waals surface area contributed by atoms with Gasteiger partial charge in [-0.2, -0.15) is 13.2 Å². The van der Waals surface area contributed by atoms with Crippen molar-refractivity contribution in [2.75, 3.05) is 11.1 Å². The minimum absolute atomic E-state index is 0.129. The maximum atomic E-state index is 13.1. The summed E-state index contributed by atoms with van der Waals surface area (Å²) in [7, 11) is 0. The zero-order valence-electron chi connectivity index (χ0n) is 18.1. The number of nitrogens with zero attached hydrogens (tertiary/aromatic N) is 3. The molecule has 6 nitrogen and oxygen atoms in total. The fourth-order valence-corrected chi connectivity index (χ4v) is 4.03. The van der Waals surface area contributed by atoms with E-state index in [1.54, 1.807) is 16.7 Å². The number of ether oxygens (including phenoxy) is 1. The lowest BCUT2D eigenvalue weighted by molar-refractivity contribution is -0.137. The fraction of sp³-hybridized carbons (Fsp3) is 0.318. The molecular weight excluding hydrogens is 477 g/mol. The van der Waals surface area contributed by atoms with Gasteiger partial charge < -0.3 is 14.6 Å². The second kappa shape index (κ2) is 10.5. The van der Waals surface area contributed by atoms with Crippen molar-refractivity contribution in [3.05, 3.63) is 64.4 Å². The van der Waals surface area contributed by atoms with E-state index in [4.69, 9.17) is 16.3 Å². The van der Waals surface area contributed by atoms with E-state index in [1.165, 1.54) is 18.2 Å². The molecular formula is C22H22ClF3N4O2S. The van der Waals surface area contributed by atoms with E-state index in [0.29, 0.717) is 28.3 Å². The quantitative estimate of drug-likeness (QED) is 0.377. The SMILES string of the molecule is CCn1c(SCC(=O)Nc2ccccc2C(F)(F)F)nnc1C(C)Oc1ccc(Cl)c(C)c1. The first-order chi connectivity index (χ1) is 15.6. The third-order valence-electron chi connectivity index (χ3n) is 4.71. The van der Waals surface area contributed by atoms with E-state index in [-0.39, 0.29) is 11.4 Å². The predicted molar refractivity (Wildman–Crippen MR) is 122 cm³/mol. The molecule has 2 aromatic carbocycles. The van der Waals surface area contributed by atoms with Gasteiger partial charge in [0.2, 0.25) is 5.91 Å². The smallest absolute Gasteiger partial charge is 0.418 e. The number of carbonyl (C=O) groups excluding carboxylic acids is 1. The number of thioether (sulfide) groups is 1. The molecule has 0 spiro atoms. The number of aromatic nitrogens is 3. The summed E-state index contributed by atoms with van der Waals surface area (Å²) in [6, 6.07) is 10.2. The maximum Gasteiger partial charge on any atom is 0.418 e. The number of alkyl halides is 3. The van der Waals surface area contributed by atoms with Gasteiger partial charge in [0.25, 0.3) is 0 Å². The number of hydrogen-bond donors (Lipinski definition) is 1. The van der Waals surface area contributed by atoms with Gasteiger partial charge in [-0.15, -0.1) is 10.2 Å². The van der Waals surface area contributed by atoms with Gasteiger partial charge in [-0.3, -0.25) is 4.79 Å². The van der Waals surface area contributed by atoms with Crippen LogP contribution in [0.25, 0.3) is 0 Å². The molecule has 176 valence electrons. The Morgan fingerprint density at radius 1 is 1.24 bits per heavy atom. The van der Waals surface area contributed by atoms with Crippen molar-refractivity contribution in [1.29, 1.82) is 0 Å². The Labute approximate surface area is 198 Å². The second-order valence-electron chi connectivity index (χ2n) is 7.14. The van der Waals surface area contributed by atoms with E-state index in [0.717, 1.165) is 23.4 Å². The van der Waals surface area contributed by atoms with Crippen LogP contribution in [-0.2, 0) is 17.5 Å². The van der Waals surface area contributed by atoms with Crippen LogP contribution in [0.1, 0.15) is 36.9 Å². The zero-order chi connectivity index (χ0) is 24.2. The van der Waals surface area contributed by atoms with Crippen molar-refractivity contribution >= 4 is 35.0 Å². The minimum atomic E-state index is -4.56. The number of carbonyl (C=O) groups is 1. The van der Waals surface area contributed by atoms with E-state index in [9.17, 15) is 18.0 Å². The molecule has 0 saturated carbocycles. The summed E-state index contributed by atoms with van der Waals surface area (Å²) in [6.07, 6.45) is -4.99. The summed E-state index contributed by atoms with van der Waals surface area (Å²) < 4.78 is 47.1. The summed E-state index contributed by atoms with van der Waals surface area (Å²) in [5, 5.41) is 11.8. The Bertz CT molecular complexity index is 1140. The summed E-state index contributed by atoms with van der Waals surface area (Å²) >= 11 is 7.14. The molecule has 3 rings (SSSR count). The molecule has 1 heterocycles. The molecule has 1 N–H and O–H groups in total. The summed E-state index contributed by atoms with van der Waals surface area (Å²) in [4.78, 5) is 12.3. The van der Waals surface area contributed by atoms with Gasteiger partial charge in [0.1, 0.15) is 5.75 Å². The van der Waals surface area contributed by atoms with Crippen molar-refractivity contribution in [3.63, 3.8) is 0 Å². The number of aryl methyl sites for hydroxylation is 1. The first-order valence-electron chi connectivity index (χ1n) is 10.0. The lowest BCUT2D eigenvalue weighted by Gasteiger charge is -2.16. The molecule has 1 aromatic heterocycles. The maximum absolute atomic E-state index is 13.1. The van der Waals surface area contributed by atoms with Crippen molar-refractivity contribution in [3.8, 4) is 5.75 Å². The van der Waals surface area contributed by atoms with E-state index < -0.39 is 23.8 Å². The van der Waals surface area contributed by atoms with Crippen LogP contribution >= 0.6 is 23.4 Å². The molecule has 1 unspecified atom stereocenters. The van der Waals surface area contributed by atoms with Gasteiger partial charge in [-0.05, 0) is 56.7 Å². The molecule has 1 amide bonds. The minimum Gasteiger partial charge on any atom is -0.483 e. The summed E-state index contributed by atoms with van der Waals surface area (Å²) in [5.74, 6) is 0.489. The number of para-hydroxylation sites is 1. The number of amides is 1. The van der Waals surface area contributed by atoms with Crippen LogP contribution in [0.4, 0.5) is 18.9 Å². The normalized spacial score (nSPS) is 12.5. The topological polar surface area (TPSA) is 69.0 Å². The number of anilines is 1. The standard InChI is InChI=1S/C22H22ClF3N4O2S/c1-4-30-20(14(3)32-15-9-10-17(23)13(2)11-15)28-29-21(30)33-12-19(31)27-18-8-6-5-7-16(18)22(24,25)26/h5-11,14H,4,12H2,1-3H3,(H,27,31). The molecule has 33 heavy (non-hydrogen) atoms. The lowest BCUT2D eigenvalue weighted by atomic mass is 10.1. The summed E-state index contributed by atoms with van der Waals surface area (Å²) in [5.41, 5.74) is -0.299. The largest absolute Gasteiger partial charge is 0.483 e. The second-order valence-corrected chi connectivity index (χ2v) is 8.49. The Kier molecular flexibility index (Phi) is 7.91. The number of nitrogens with one attached hydrogen (secondary N) is 1. The molecule has 3 aromatic rings. The van der Waals surface area contributed by atoms with Crippen LogP contribution in [-0.4, -0.2) is 26.4 Å². The van der Waals surface area contributed by atoms with Gasteiger partial charge in [0, 0.05) is 11.6 Å². The first kappa shape index (κ1) is 24.9.